The van der Waals surface area contributed by atoms with E-state index in [4.69, 9.17) is 0 Å². The Kier molecular flexibility index (Phi) is 4.43. The molecule has 6 heteroatoms. The van der Waals surface area contributed by atoms with Crippen LogP contribution >= 0.6 is 0 Å². The molecular formula is C23H21F2N3O. The van der Waals surface area contributed by atoms with Gasteiger partial charge in [-0.2, -0.15) is 0 Å². The molecule has 0 aliphatic carbocycles. The summed E-state index contributed by atoms with van der Waals surface area (Å²) in [4.78, 5) is 17.4. The molecule has 3 heterocycles. The van der Waals surface area contributed by atoms with Crippen LogP contribution < -0.4 is 0 Å². The molecule has 1 amide bonds. The molecule has 1 saturated heterocycles. The normalized spacial score (nSPS) is 21.3. The van der Waals surface area contributed by atoms with Gasteiger partial charge in [-0.1, -0.05) is 24.3 Å². The number of likely N-dealkylation sites (tertiary alicyclic amines) is 1. The van der Waals surface area contributed by atoms with Crippen molar-refractivity contribution >= 4 is 5.91 Å². The standard InChI is InChI=1S/C23H21F2N3O/c24-18-7-3-16(4-8-18)12-26-14-21-22(15-26)28(13-17-5-9-19(25)10-6-17)23(29)20-2-1-11-27(20)21/h1-11,21-22H,12-15H2/t21-,22-/m1/s1. The fourth-order valence-electron chi connectivity index (χ4n) is 4.54. The lowest BCUT2D eigenvalue weighted by Crippen LogP contribution is -2.49. The highest BCUT2D eigenvalue weighted by Crippen LogP contribution is 2.35. The zero-order chi connectivity index (χ0) is 20.0. The third-order valence-electron chi connectivity index (χ3n) is 5.94. The van der Waals surface area contributed by atoms with Crippen LogP contribution in [0.2, 0.25) is 0 Å². The van der Waals surface area contributed by atoms with Crippen molar-refractivity contribution < 1.29 is 13.6 Å². The third-order valence-corrected chi connectivity index (χ3v) is 5.94. The van der Waals surface area contributed by atoms with E-state index in [0.717, 1.165) is 24.2 Å². The molecule has 29 heavy (non-hydrogen) atoms. The first-order valence-electron chi connectivity index (χ1n) is 9.77. The lowest BCUT2D eigenvalue weighted by atomic mass is 10.0. The van der Waals surface area contributed by atoms with Crippen molar-refractivity contribution in [1.82, 2.24) is 14.4 Å². The van der Waals surface area contributed by atoms with E-state index in [1.165, 1.54) is 24.3 Å². The van der Waals surface area contributed by atoms with Gasteiger partial charge < -0.3 is 9.47 Å². The fourth-order valence-corrected chi connectivity index (χ4v) is 4.54. The Morgan fingerprint density at radius 3 is 2.03 bits per heavy atom. The van der Waals surface area contributed by atoms with E-state index in [0.29, 0.717) is 18.8 Å². The fraction of sp³-hybridized carbons (Fsp3) is 0.261. The van der Waals surface area contributed by atoms with Gasteiger partial charge >= 0.3 is 0 Å². The van der Waals surface area contributed by atoms with Crippen molar-refractivity contribution in [3.8, 4) is 0 Å². The molecule has 0 bridgehead atoms. The smallest absolute Gasteiger partial charge is 0.271 e. The van der Waals surface area contributed by atoms with Gasteiger partial charge in [-0.3, -0.25) is 9.69 Å². The Hall–Kier alpha value is -2.99. The van der Waals surface area contributed by atoms with E-state index in [-0.39, 0.29) is 29.6 Å². The van der Waals surface area contributed by atoms with Gasteiger partial charge in [0.1, 0.15) is 17.3 Å². The predicted molar refractivity (Wildman–Crippen MR) is 105 cm³/mol. The Labute approximate surface area is 168 Å². The van der Waals surface area contributed by atoms with Crippen LogP contribution in [-0.4, -0.2) is 39.4 Å². The van der Waals surface area contributed by atoms with Crippen LogP contribution in [0.5, 0.6) is 0 Å². The van der Waals surface area contributed by atoms with Gasteiger partial charge in [-0.05, 0) is 47.5 Å². The number of carbonyl (C=O) groups excluding carboxylic acids is 1. The lowest BCUT2D eigenvalue weighted by Gasteiger charge is -2.38. The number of rotatable bonds is 4. The number of halogens is 2. The van der Waals surface area contributed by atoms with Gasteiger partial charge in [-0.25, -0.2) is 8.78 Å². The van der Waals surface area contributed by atoms with Gasteiger partial charge in [0, 0.05) is 32.4 Å². The second-order valence-electron chi connectivity index (χ2n) is 7.82. The summed E-state index contributed by atoms with van der Waals surface area (Å²) in [6, 6.07) is 16.9. The van der Waals surface area contributed by atoms with E-state index >= 15 is 0 Å². The summed E-state index contributed by atoms with van der Waals surface area (Å²) in [5.74, 6) is -0.516. The van der Waals surface area contributed by atoms with Gasteiger partial charge in [0.15, 0.2) is 0 Å². The van der Waals surface area contributed by atoms with Crippen LogP contribution in [0, 0.1) is 11.6 Å². The second-order valence-corrected chi connectivity index (χ2v) is 7.82. The molecule has 2 aliphatic rings. The Bertz CT molecular complexity index is 1030. The largest absolute Gasteiger partial charge is 0.337 e. The summed E-state index contributed by atoms with van der Waals surface area (Å²) in [5, 5.41) is 0. The summed E-state index contributed by atoms with van der Waals surface area (Å²) in [5.41, 5.74) is 2.65. The molecule has 2 aliphatic heterocycles. The number of fused-ring (bicyclic) bond motifs is 3. The number of amides is 1. The minimum atomic E-state index is -0.281. The van der Waals surface area contributed by atoms with E-state index in [9.17, 15) is 13.6 Å². The van der Waals surface area contributed by atoms with Gasteiger partial charge in [0.25, 0.3) is 5.91 Å². The number of hydrogen-bond donors (Lipinski definition) is 0. The summed E-state index contributed by atoms with van der Waals surface area (Å²) in [6.07, 6.45) is 1.97. The van der Waals surface area contributed by atoms with Crippen LogP contribution in [-0.2, 0) is 13.1 Å². The van der Waals surface area contributed by atoms with E-state index in [1.807, 2.05) is 23.2 Å². The molecule has 148 valence electrons. The lowest BCUT2D eigenvalue weighted by molar-refractivity contribution is 0.0556. The monoisotopic (exact) mass is 393 g/mol. The van der Waals surface area contributed by atoms with Gasteiger partial charge in [-0.15, -0.1) is 0 Å². The molecule has 5 rings (SSSR count). The Morgan fingerprint density at radius 2 is 1.38 bits per heavy atom. The maximum atomic E-state index is 13.3. The predicted octanol–water partition coefficient (Wildman–Crippen LogP) is 3.85. The molecule has 3 aromatic rings. The number of hydrogen-bond acceptors (Lipinski definition) is 2. The Balaban J connectivity index is 1.41. The average Bonchev–Trinajstić information content (AvgIpc) is 3.35. The highest BCUT2D eigenvalue weighted by atomic mass is 19.1. The first kappa shape index (κ1) is 18.1. The minimum absolute atomic E-state index is 0.00390. The van der Waals surface area contributed by atoms with Crippen molar-refractivity contribution in [2.75, 3.05) is 13.1 Å². The van der Waals surface area contributed by atoms with Crippen LogP contribution in [0.4, 0.5) is 8.78 Å². The third kappa shape index (κ3) is 3.34. The van der Waals surface area contributed by atoms with Gasteiger partial charge in [0.2, 0.25) is 0 Å². The van der Waals surface area contributed by atoms with Crippen molar-refractivity contribution in [3.05, 3.63) is 95.3 Å². The van der Waals surface area contributed by atoms with E-state index in [2.05, 4.69) is 9.47 Å². The quantitative estimate of drug-likeness (QED) is 0.674. The van der Waals surface area contributed by atoms with Crippen LogP contribution in [0.15, 0.2) is 66.9 Å². The summed E-state index contributed by atoms with van der Waals surface area (Å²) in [6.45, 7) is 2.72. The van der Waals surface area contributed by atoms with Crippen LogP contribution in [0.1, 0.15) is 27.7 Å². The van der Waals surface area contributed by atoms with Gasteiger partial charge in [0.05, 0.1) is 12.1 Å². The number of nitrogens with zero attached hydrogens (tertiary/aromatic N) is 3. The van der Waals surface area contributed by atoms with Crippen molar-refractivity contribution in [2.24, 2.45) is 0 Å². The molecule has 2 atom stereocenters. The SMILES string of the molecule is O=C1c2cccn2[C@@H]2CN(Cc3ccc(F)cc3)C[C@H]2N1Cc1ccc(F)cc1. The molecule has 2 aromatic carbocycles. The first-order valence-corrected chi connectivity index (χ1v) is 9.77. The highest BCUT2D eigenvalue weighted by molar-refractivity contribution is 5.94. The zero-order valence-electron chi connectivity index (χ0n) is 15.8. The first-order chi connectivity index (χ1) is 14.1. The number of aromatic nitrogens is 1. The molecule has 0 saturated carbocycles. The van der Waals surface area contributed by atoms with Crippen molar-refractivity contribution in [1.29, 1.82) is 0 Å². The summed E-state index contributed by atoms with van der Waals surface area (Å²) in [7, 11) is 0. The molecule has 0 N–H and O–H groups in total. The Morgan fingerprint density at radius 1 is 0.793 bits per heavy atom. The minimum Gasteiger partial charge on any atom is -0.337 e. The molecular weight excluding hydrogens is 372 g/mol. The average molecular weight is 393 g/mol. The zero-order valence-corrected chi connectivity index (χ0v) is 15.8. The van der Waals surface area contributed by atoms with E-state index < -0.39 is 0 Å². The van der Waals surface area contributed by atoms with Crippen molar-refractivity contribution in [3.63, 3.8) is 0 Å². The molecule has 1 aromatic heterocycles. The second kappa shape index (κ2) is 7.12. The van der Waals surface area contributed by atoms with Crippen molar-refractivity contribution in [2.45, 2.75) is 25.2 Å². The molecule has 4 nitrogen and oxygen atoms in total. The van der Waals surface area contributed by atoms with Crippen LogP contribution in [0.3, 0.4) is 0 Å². The summed E-state index contributed by atoms with van der Waals surface area (Å²) < 4.78 is 28.6. The maximum absolute atomic E-state index is 13.3. The topological polar surface area (TPSA) is 28.5 Å². The maximum Gasteiger partial charge on any atom is 0.271 e. The molecule has 0 unspecified atom stereocenters. The number of benzene rings is 2. The molecule has 0 radical (unpaired) electrons. The highest BCUT2D eigenvalue weighted by Gasteiger charge is 2.44. The molecule has 1 fully saturated rings. The van der Waals surface area contributed by atoms with E-state index in [1.54, 1.807) is 24.3 Å². The number of carbonyl (C=O) groups is 1. The van der Waals surface area contributed by atoms with Crippen LogP contribution in [0.25, 0.3) is 0 Å². The molecule has 0 spiro atoms. The summed E-state index contributed by atoms with van der Waals surface area (Å²) >= 11 is 0.